The molecule has 1 aromatic rings. The molecule has 0 amide bonds. The van der Waals surface area contributed by atoms with E-state index >= 15 is 0 Å². The van der Waals surface area contributed by atoms with Crippen LogP contribution in [0.5, 0.6) is 0 Å². The maximum atomic E-state index is 2.23. The van der Waals surface area contributed by atoms with Crippen molar-refractivity contribution in [1.29, 1.82) is 0 Å². The maximum Gasteiger partial charge on any atom is 0.0192 e. The van der Waals surface area contributed by atoms with E-state index in [1.807, 2.05) is 6.07 Å². The quantitative estimate of drug-likeness (QED) is 0.702. The number of rotatable bonds is 4. The van der Waals surface area contributed by atoms with Gasteiger partial charge in [0.05, 0.1) is 0 Å². The van der Waals surface area contributed by atoms with Gasteiger partial charge in [-0.3, -0.25) is 0 Å². The van der Waals surface area contributed by atoms with Crippen LogP contribution in [0.4, 0.5) is 0 Å². The van der Waals surface area contributed by atoms with Crippen LogP contribution in [0.15, 0.2) is 36.5 Å². The average molecular weight is 189 g/mol. The van der Waals surface area contributed by atoms with Crippen LogP contribution in [0.3, 0.4) is 0 Å². The lowest BCUT2D eigenvalue weighted by atomic mass is 10.2. The third-order valence-electron chi connectivity index (χ3n) is 1.97. The first-order valence-electron chi connectivity index (χ1n) is 5.12. The molecule has 76 valence electrons. The van der Waals surface area contributed by atoms with Crippen molar-refractivity contribution in [3.63, 3.8) is 0 Å². The maximum absolute atomic E-state index is 2.23. The molecular formula is C13H19N. The Bertz CT molecular complexity index is 275. The lowest BCUT2D eigenvalue weighted by Gasteiger charge is -2.16. The van der Waals surface area contributed by atoms with Gasteiger partial charge >= 0.3 is 0 Å². The minimum Gasteiger partial charge on any atom is -0.380 e. The summed E-state index contributed by atoms with van der Waals surface area (Å²) in [4.78, 5) is 2.22. The summed E-state index contributed by atoms with van der Waals surface area (Å²) in [5.74, 6) is 0.709. The van der Waals surface area contributed by atoms with Crippen LogP contribution in [0, 0.1) is 5.92 Å². The molecule has 0 atom stereocenters. The molecule has 1 aromatic carbocycles. The fourth-order valence-corrected chi connectivity index (χ4v) is 1.41. The van der Waals surface area contributed by atoms with Gasteiger partial charge in [0.15, 0.2) is 0 Å². The van der Waals surface area contributed by atoms with E-state index in [4.69, 9.17) is 0 Å². The van der Waals surface area contributed by atoms with Crippen LogP contribution < -0.4 is 0 Å². The third-order valence-corrected chi connectivity index (χ3v) is 1.97. The molecule has 0 saturated carbocycles. The predicted octanol–water partition coefficient (Wildman–Crippen LogP) is 3.25. The van der Waals surface area contributed by atoms with Crippen LogP contribution in [0.25, 0.3) is 6.08 Å². The van der Waals surface area contributed by atoms with Crippen molar-refractivity contribution in [3.05, 3.63) is 42.1 Å². The molecule has 1 rings (SSSR count). The van der Waals surface area contributed by atoms with Crippen molar-refractivity contribution in [2.24, 2.45) is 5.92 Å². The minimum atomic E-state index is 0.709. The highest BCUT2D eigenvalue weighted by Gasteiger charge is 1.95. The van der Waals surface area contributed by atoms with Gasteiger partial charge in [-0.1, -0.05) is 44.2 Å². The van der Waals surface area contributed by atoms with Crippen molar-refractivity contribution in [1.82, 2.24) is 4.90 Å². The van der Waals surface area contributed by atoms with Crippen molar-refractivity contribution in [3.8, 4) is 0 Å². The molecule has 1 nitrogen and oxygen atoms in total. The van der Waals surface area contributed by atoms with Crippen LogP contribution in [-0.2, 0) is 0 Å². The molecule has 0 aliphatic carbocycles. The summed E-state index contributed by atoms with van der Waals surface area (Å²) >= 11 is 0. The van der Waals surface area contributed by atoms with E-state index in [-0.39, 0.29) is 0 Å². The zero-order valence-corrected chi connectivity index (χ0v) is 9.27. The number of benzene rings is 1. The van der Waals surface area contributed by atoms with E-state index in [0.29, 0.717) is 5.92 Å². The molecule has 0 unspecified atom stereocenters. The van der Waals surface area contributed by atoms with E-state index in [9.17, 15) is 0 Å². The normalized spacial score (nSPS) is 11.1. The highest BCUT2D eigenvalue weighted by Crippen LogP contribution is 2.03. The Morgan fingerprint density at radius 2 is 1.86 bits per heavy atom. The van der Waals surface area contributed by atoms with Gasteiger partial charge in [0.1, 0.15) is 0 Å². The zero-order chi connectivity index (χ0) is 10.4. The molecule has 0 aliphatic heterocycles. The van der Waals surface area contributed by atoms with Crippen molar-refractivity contribution >= 4 is 6.08 Å². The first kappa shape index (κ1) is 10.8. The van der Waals surface area contributed by atoms with Crippen molar-refractivity contribution < 1.29 is 0 Å². The summed E-state index contributed by atoms with van der Waals surface area (Å²) in [5, 5.41) is 0. The largest absolute Gasteiger partial charge is 0.380 e. The van der Waals surface area contributed by atoms with Gasteiger partial charge in [0.2, 0.25) is 0 Å². The Hall–Kier alpha value is -1.24. The van der Waals surface area contributed by atoms with Crippen LogP contribution in [0.2, 0.25) is 0 Å². The van der Waals surface area contributed by atoms with E-state index in [1.165, 1.54) is 5.56 Å². The molecule has 0 spiro atoms. The molecule has 0 heterocycles. The summed E-state index contributed by atoms with van der Waals surface area (Å²) in [6, 6.07) is 10.4. The van der Waals surface area contributed by atoms with Gasteiger partial charge in [-0.25, -0.2) is 0 Å². The summed E-state index contributed by atoms with van der Waals surface area (Å²) in [7, 11) is 2.11. The Kier molecular flexibility index (Phi) is 4.24. The molecule has 0 bridgehead atoms. The predicted molar refractivity (Wildman–Crippen MR) is 62.9 cm³/mol. The van der Waals surface area contributed by atoms with Crippen LogP contribution in [0.1, 0.15) is 19.4 Å². The smallest absolute Gasteiger partial charge is 0.0192 e. The Morgan fingerprint density at radius 3 is 2.43 bits per heavy atom. The molecule has 14 heavy (non-hydrogen) atoms. The van der Waals surface area contributed by atoms with E-state index in [2.05, 4.69) is 62.3 Å². The number of hydrogen-bond donors (Lipinski definition) is 0. The summed E-state index contributed by atoms with van der Waals surface area (Å²) < 4.78 is 0. The lowest BCUT2D eigenvalue weighted by molar-refractivity contribution is 0.392. The van der Waals surface area contributed by atoms with E-state index < -0.39 is 0 Å². The molecule has 1 heteroatoms. The fraction of sp³-hybridized carbons (Fsp3) is 0.385. The second-order valence-electron chi connectivity index (χ2n) is 4.06. The molecule has 0 N–H and O–H groups in total. The Labute approximate surface area is 87.1 Å². The summed E-state index contributed by atoms with van der Waals surface area (Å²) in [6.07, 6.45) is 4.28. The fourth-order valence-electron chi connectivity index (χ4n) is 1.41. The first-order valence-corrected chi connectivity index (χ1v) is 5.12. The van der Waals surface area contributed by atoms with E-state index in [0.717, 1.165) is 6.54 Å². The molecule has 0 radical (unpaired) electrons. The Balaban J connectivity index is 2.48. The number of hydrogen-bond acceptors (Lipinski definition) is 1. The molecule has 0 fully saturated rings. The minimum absolute atomic E-state index is 0.709. The summed E-state index contributed by atoms with van der Waals surface area (Å²) in [6.45, 7) is 5.56. The van der Waals surface area contributed by atoms with Gasteiger partial charge < -0.3 is 4.90 Å². The molecule has 0 saturated heterocycles. The lowest BCUT2D eigenvalue weighted by Crippen LogP contribution is -2.16. The first-order chi connectivity index (χ1) is 6.68. The van der Waals surface area contributed by atoms with Gasteiger partial charge in [0, 0.05) is 13.6 Å². The highest BCUT2D eigenvalue weighted by molar-refractivity contribution is 5.48. The van der Waals surface area contributed by atoms with Gasteiger partial charge in [-0.2, -0.15) is 0 Å². The SMILES string of the molecule is CC(C)CN(C)C=Cc1ccccc1. The van der Waals surface area contributed by atoms with Crippen molar-refractivity contribution in [2.45, 2.75) is 13.8 Å². The second kappa shape index (κ2) is 5.48. The zero-order valence-electron chi connectivity index (χ0n) is 9.27. The number of nitrogens with zero attached hydrogens (tertiary/aromatic N) is 1. The topological polar surface area (TPSA) is 3.24 Å². The molecule has 0 aliphatic rings. The average Bonchev–Trinajstić information content (AvgIpc) is 2.15. The standard InChI is InChI=1S/C13H19N/c1-12(2)11-14(3)10-9-13-7-5-4-6-8-13/h4-10,12H,11H2,1-3H3. The van der Waals surface area contributed by atoms with Gasteiger partial charge in [-0.05, 0) is 23.8 Å². The van der Waals surface area contributed by atoms with Gasteiger partial charge in [-0.15, -0.1) is 0 Å². The monoisotopic (exact) mass is 189 g/mol. The van der Waals surface area contributed by atoms with E-state index in [1.54, 1.807) is 0 Å². The molecule has 0 aromatic heterocycles. The van der Waals surface area contributed by atoms with Gasteiger partial charge in [0.25, 0.3) is 0 Å². The molecular weight excluding hydrogens is 170 g/mol. The summed E-state index contributed by atoms with van der Waals surface area (Å²) in [5.41, 5.74) is 1.25. The second-order valence-corrected chi connectivity index (χ2v) is 4.06. The van der Waals surface area contributed by atoms with Crippen molar-refractivity contribution in [2.75, 3.05) is 13.6 Å². The Morgan fingerprint density at radius 1 is 1.21 bits per heavy atom. The highest BCUT2D eigenvalue weighted by atomic mass is 15.1. The van der Waals surface area contributed by atoms with Crippen LogP contribution >= 0.6 is 0 Å². The van der Waals surface area contributed by atoms with Crippen LogP contribution in [-0.4, -0.2) is 18.5 Å². The third kappa shape index (κ3) is 4.13.